The van der Waals surface area contributed by atoms with Crippen LogP contribution in [0.3, 0.4) is 0 Å². The first-order valence-corrected chi connectivity index (χ1v) is 9.88. The molecule has 0 unspecified atom stereocenters. The summed E-state index contributed by atoms with van der Waals surface area (Å²) in [6.45, 7) is 2.37. The molecule has 1 saturated heterocycles. The Kier molecular flexibility index (Phi) is 6.25. The van der Waals surface area contributed by atoms with Crippen molar-refractivity contribution in [1.29, 1.82) is 0 Å². The largest absolute Gasteiger partial charge is 0.493 e. The fourth-order valence-electron chi connectivity index (χ4n) is 2.50. The molecule has 0 saturated carbocycles. The molecule has 2 amide bonds. The number of carbonyl (C=O) groups is 3. The Morgan fingerprint density at radius 3 is 2.75 bits per heavy atom. The second-order valence-corrected chi connectivity index (χ2v) is 7.50. The molecule has 0 spiro atoms. The van der Waals surface area contributed by atoms with E-state index in [4.69, 9.17) is 9.15 Å². The Bertz CT molecular complexity index is 967. The first-order valence-electron chi connectivity index (χ1n) is 8.27. The van der Waals surface area contributed by atoms with Crippen LogP contribution in [0.1, 0.15) is 28.8 Å². The number of hydrogen-bond acceptors (Lipinski definition) is 7. The number of hydrogen-bond donors (Lipinski definition) is 0. The van der Waals surface area contributed by atoms with Gasteiger partial charge in [0.25, 0.3) is 11.1 Å². The fraction of sp³-hybridized carbons (Fsp3) is 0.211. The Labute approximate surface area is 173 Å². The summed E-state index contributed by atoms with van der Waals surface area (Å²) in [5.41, 5.74) is 0.756. The van der Waals surface area contributed by atoms with E-state index in [9.17, 15) is 14.4 Å². The lowest BCUT2D eigenvalue weighted by Gasteiger charge is -2.10. The second-order valence-electron chi connectivity index (χ2n) is 5.65. The average Bonchev–Trinajstić information content (AvgIpc) is 3.24. The number of methoxy groups -OCH3 is 1. The molecule has 1 fully saturated rings. The molecule has 2 heterocycles. The Hall–Kier alpha value is -2.52. The smallest absolute Gasteiger partial charge is 0.373 e. The number of imide groups is 1. The minimum Gasteiger partial charge on any atom is -0.493 e. The molecule has 28 heavy (non-hydrogen) atoms. The summed E-state index contributed by atoms with van der Waals surface area (Å²) in [4.78, 5) is 37.7. The maximum atomic E-state index is 12.6. The normalized spacial score (nSPS) is 15.4. The van der Waals surface area contributed by atoms with Gasteiger partial charge in [0.05, 0.1) is 29.6 Å². The number of thioether (sulfide) groups is 1. The van der Waals surface area contributed by atoms with Gasteiger partial charge in [-0.1, -0.05) is 6.07 Å². The van der Waals surface area contributed by atoms with Crippen LogP contribution in [-0.4, -0.2) is 35.7 Å². The van der Waals surface area contributed by atoms with Crippen LogP contribution in [0.15, 0.2) is 44.1 Å². The van der Waals surface area contributed by atoms with E-state index in [0.29, 0.717) is 23.0 Å². The van der Waals surface area contributed by atoms with Crippen LogP contribution >= 0.6 is 27.7 Å². The molecule has 0 atom stereocenters. The highest BCUT2D eigenvalue weighted by molar-refractivity contribution is 9.10. The van der Waals surface area contributed by atoms with Crippen molar-refractivity contribution in [3.05, 3.63) is 56.8 Å². The van der Waals surface area contributed by atoms with Gasteiger partial charge in [0.2, 0.25) is 5.76 Å². The van der Waals surface area contributed by atoms with E-state index in [0.717, 1.165) is 26.7 Å². The number of carbonyl (C=O) groups excluding carboxylic acids is 3. The molecule has 0 bridgehead atoms. The summed E-state index contributed by atoms with van der Waals surface area (Å²) >= 11 is 4.28. The number of halogens is 1. The number of rotatable bonds is 6. The van der Waals surface area contributed by atoms with E-state index in [1.165, 1.54) is 19.2 Å². The van der Waals surface area contributed by atoms with Gasteiger partial charge in [-0.25, -0.2) is 4.79 Å². The van der Waals surface area contributed by atoms with Gasteiger partial charge in [-0.05, 0) is 70.5 Å². The number of ether oxygens (including phenoxy) is 2. The fourth-order valence-corrected chi connectivity index (χ4v) is 3.85. The predicted molar refractivity (Wildman–Crippen MR) is 107 cm³/mol. The molecule has 1 aliphatic heterocycles. The van der Waals surface area contributed by atoms with Gasteiger partial charge in [-0.2, -0.15) is 0 Å². The van der Waals surface area contributed by atoms with Crippen LogP contribution in [0.5, 0.6) is 5.75 Å². The molecule has 1 aromatic heterocycles. The molecule has 1 aromatic carbocycles. The Morgan fingerprint density at radius 1 is 1.29 bits per heavy atom. The summed E-state index contributed by atoms with van der Waals surface area (Å²) in [6.07, 6.45) is 1.65. The van der Waals surface area contributed by atoms with Gasteiger partial charge in [0, 0.05) is 0 Å². The van der Waals surface area contributed by atoms with Crippen molar-refractivity contribution in [2.24, 2.45) is 0 Å². The summed E-state index contributed by atoms with van der Waals surface area (Å²) < 4.78 is 16.1. The van der Waals surface area contributed by atoms with Crippen molar-refractivity contribution in [2.75, 3.05) is 13.7 Å². The molecule has 3 rings (SSSR count). The van der Waals surface area contributed by atoms with E-state index >= 15 is 0 Å². The van der Waals surface area contributed by atoms with Crippen LogP contribution in [0.2, 0.25) is 0 Å². The predicted octanol–water partition coefficient (Wildman–Crippen LogP) is 4.46. The van der Waals surface area contributed by atoms with E-state index in [1.807, 2.05) is 13.0 Å². The van der Waals surface area contributed by atoms with E-state index in [1.54, 1.807) is 18.2 Å². The van der Waals surface area contributed by atoms with Crippen molar-refractivity contribution in [1.82, 2.24) is 4.90 Å². The molecule has 0 radical (unpaired) electrons. The number of benzene rings is 1. The number of furan rings is 1. The van der Waals surface area contributed by atoms with Gasteiger partial charge < -0.3 is 13.9 Å². The van der Waals surface area contributed by atoms with Crippen LogP contribution in [0, 0.1) is 0 Å². The molecule has 0 aliphatic carbocycles. The third-order valence-electron chi connectivity index (χ3n) is 3.79. The Balaban J connectivity index is 1.76. The maximum Gasteiger partial charge on any atom is 0.373 e. The minimum atomic E-state index is -0.624. The summed E-state index contributed by atoms with van der Waals surface area (Å²) in [6, 6.07) is 8.38. The lowest BCUT2D eigenvalue weighted by atomic mass is 10.2. The number of esters is 1. The van der Waals surface area contributed by atoms with Crippen molar-refractivity contribution in [2.45, 2.75) is 13.5 Å². The Morgan fingerprint density at radius 2 is 2.07 bits per heavy atom. The van der Waals surface area contributed by atoms with Crippen LogP contribution in [0.4, 0.5) is 4.79 Å². The molecular formula is C19H16BrNO6S. The summed E-state index contributed by atoms with van der Waals surface area (Å²) in [7, 11) is 1.24. The molecule has 0 N–H and O–H groups in total. The summed E-state index contributed by atoms with van der Waals surface area (Å²) in [5, 5.41) is -0.405. The highest BCUT2D eigenvalue weighted by Gasteiger charge is 2.35. The van der Waals surface area contributed by atoms with Crippen molar-refractivity contribution < 1.29 is 28.3 Å². The molecule has 1 aliphatic rings. The van der Waals surface area contributed by atoms with Crippen molar-refractivity contribution in [3.63, 3.8) is 0 Å². The SMILES string of the molecule is CCOc1ccc(C=C2SC(=O)N(Cc3ccc(C(=O)OC)o3)C2=O)cc1Br. The molecular weight excluding hydrogens is 450 g/mol. The minimum absolute atomic E-state index is 0.0132. The molecule has 9 heteroatoms. The van der Waals surface area contributed by atoms with Crippen LogP contribution in [0.25, 0.3) is 6.08 Å². The van der Waals surface area contributed by atoms with E-state index < -0.39 is 17.1 Å². The third-order valence-corrected chi connectivity index (χ3v) is 5.32. The van der Waals surface area contributed by atoms with Crippen LogP contribution < -0.4 is 4.74 Å². The van der Waals surface area contributed by atoms with E-state index in [-0.39, 0.29) is 12.3 Å². The zero-order chi connectivity index (χ0) is 20.3. The van der Waals surface area contributed by atoms with E-state index in [2.05, 4.69) is 20.7 Å². The average molecular weight is 466 g/mol. The number of amides is 2. The topological polar surface area (TPSA) is 86.1 Å². The number of nitrogens with zero attached hydrogens (tertiary/aromatic N) is 1. The zero-order valence-electron chi connectivity index (χ0n) is 15.1. The van der Waals surface area contributed by atoms with Gasteiger partial charge in [0.15, 0.2) is 0 Å². The highest BCUT2D eigenvalue weighted by Crippen LogP contribution is 2.34. The lowest BCUT2D eigenvalue weighted by Crippen LogP contribution is -2.27. The second kappa shape index (κ2) is 8.66. The van der Waals surface area contributed by atoms with Gasteiger partial charge in [-0.3, -0.25) is 14.5 Å². The monoisotopic (exact) mass is 465 g/mol. The van der Waals surface area contributed by atoms with Crippen LogP contribution in [-0.2, 0) is 16.1 Å². The molecule has 146 valence electrons. The lowest BCUT2D eigenvalue weighted by molar-refractivity contribution is -0.123. The van der Waals surface area contributed by atoms with Gasteiger partial charge in [-0.15, -0.1) is 0 Å². The first-order chi connectivity index (χ1) is 13.4. The van der Waals surface area contributed by atoms with Crippen molar-refractivity contribution >= 4 is 50.9 Å². The zero-order valence-corrected chi connectivity index (χ0v) is 17.5. The van der Waals surface area contributed by atoms with Gasteiger partial charge >= 0.3 is 5.97 Å². The quantitative estimate of drug-likeness (QED) is 0.459. The highest BCUT2D eigenvalue weighted by atomic mass is 79.9. The molecule has 7 nitrogen and oxygen atoms in total. The third kappa shape index (κ3) is 4.31. The molecule has 2 aromatic rings. The first kappa shape index (κ1) is 20.2. The summed E-state index contributed by atoms with van der Waals surface area (Å²) in [5.74, 6) is -0.0172. The van der Waals surface area contributed by atoms with Gasteiger partial charge in [0.1, 0.15) is 11.5 Å². The standard InChI is InChI=1S/C19H16BrNO6S/c1-3-26-14-6-4-11(8-13(14)20)9-16-17(22)21(19(24)28-16)10-12-5-7-15(27-12)18(23)25-2/h4-9H,3,10H2,1-2H3. The van der Waals surface area contributed by atoms with Crippen molar-refractivity contribution in [3.8, 4) is 5.75 Å². The maximum absolute atomic E-state index is 12.6.